The first-order valence-corrected chi connectivity index (χ1v) is 8.20. The number of aryl methyl sites for hydroxylation is 1. The number of hydrogen-bond donors (Lipinski definition) is 2. The lowest BCUT2D eigenvalue weighted by molar-refractivity contribution is 0.102. The molecule has 22 heavy (non-hydrogen) atoms. The number of nitrogens with two attached hydrogens (primary N) is 1. The fourth-order valence-corrected chi connectivity index (χ4v) is 3.76. The van der Waals surface area contributed by atoms with E-state index in [1.165, 1.54) is 7.11 Å². The molecular weight excluding hydrogens is 435 g/mol. The standard InChI is InChI=1S/C15H13Br2ClN2O2/c1-7-3-9(19)6-12(18)13(7)20-15(21)10-4-8(16)5-11(17)14(10)22-2/h3-6H,19H2,1-2H3,(H,20,21). The maximum absolute atomic E-state index is 12.6. The summed E-state index contributed by atoms with van der Waals surface area (Å²) in [5, 5.41) is 3.19. The van der Waals surface area contributed by atoms with E-state index < -0.39 is 0 Å². The minimum Gasteiger partial charge on any atom is -0.495 e. The number of nitrogen functional groups attached to an aromatic ring is 1. The second kappa shape index (κ2) is 6.89. The van der Waals surface area contributed by atoms with Crippen LogP contribution in [0.1, 0.15) is 15.9 Å². The normalized spacial score (nSPS) is 10.4. The Bertz CT molecular complexity index is 728. The van der Waals surface area contributed by atoms with Gasteiger partial charge >= 0.3 is 0 Å². The smallest absolute Gasteiger partial charge is 0.259 e. The number of methoxy groups -OCH3 is 1. The zero-order valence-corrected chi connectivity index (χ0v) is 15.8. The summed E-state index contributed by atoms with van der Waals surface area (Å²) >= 11 is 12.9. The summed E-state index contributed by atoms with van der Waals surface area (Å²) in [5.41, 5.74) is 7.97. The third-order valence-corrected chi connectivity index (χ3v) is 4.35. The monoisotopic (exact) mass is 446 g/mol. The highest BCUT2D eigenvalue weighted by molar-refractivity contribution is 9.11. The topological polar surface area (TPSA) is 64.3 Å². The van der Waals surface area contributed by atoms with E-state index in [2.05, 4.69) is 37.2 Å². The molecule has 0 atom stereocenters. The van der Waals surface area contributed by atoms with Crippen LogP contribution in [0.15, 0.2) is 33.2 Å². The highest BCUT2D eigenvalue weighted by Gasteiger charge is 2.18. The van der Waals surface area contributed by atoms with Crippen LogP contribution in [-0.2, 0) is 0 Å². The van der Waals surface area contributed by atoms with Gasteiger partial charge in [0, 0.05) is 10.2 Å². The maximum Gasteiger partial charge on any atom is 0.259 e. The van der Waals surface area contributed by atoms with Gasteiger partial charge in [0.05, 0.1) is 27.9 Å². The Morgan fingerprint density at radius 2 is 1.95 bits per heavy atom. The van der Waals surface area contributed by atoms with Crippen LogP contribution in [0.2, 0.25) is 5.02 Å². The first-order valence-electron chi connectivity index (χ1n) is 6.23. The van der Waals surface area contributed by atoms with Crippen molar-refractivity contribution in [3.05, 3.63) is 49.4 Å². The van der Waals surface area contributed by atoms with Gasteiger partial charge in [0.25, 0.3) is 5.91 Å². The maximum atomic E-state index is 12.6. The van der Waals surface area contributed by atoms with Crippen LogP contribution in [0.5, 0.6) is 5.75 Å². The third kappa shape index (κ3) is 3.56. The molecule has 3 N–H and O–H groups in total. The minimum absolute atomic E-state index is 0.325. The summed E-state index contributed by atoms with van der Waals surface area (Å²) in [5.74, 6) is 0.124. The number of anilines is 2. The van der Waals surface area contributed by atoms with Crippen LogP contribution in [-0.4, -0.2) is 13.0 Å². The van der Waals surface area contributed by atoms with E-state index in [9.17, 15) is 4.79 Å². The van der Waals surface area contributed by atoms with Gasteiger partial charge < -0.3 is 15.8 Å². The Kier molecular flexibility index (Phi) is 5.36. The number of hydrogen-bond acceptors (Lipinski definition) is 3. The highest BCUT2D eigenvalue weighted by Crippen LogP contribution is 2.34. The molecule has 1 amide bonds. The first-order chi connectivity index (χ1) is 10.3. The summed E-state index contributed by atoms with van der Waals surface area (Å²) in [6.07, 6.45) is 0. The van der Waals surface area contributed by atoms with Gasteiger partial charge in [-0.05, 0) is 52.7 Å². The van der Waals surface area contributed by atoms with E-state index in [0.717, 1.165) is 10.0 Å². The molecule has 0 aliphatic carbocycles. The zero-order valence-electron chi connectivity index (χ0n) is 11.8. The summed E-state index contributed by atoms with van der Waals surface area (Å²) < 4.78 is 6.72. The number of rotatable bonds is 3. The number of carbonyl (C=O) groups excluding carboxylic acids is 1. The van der Waals surface area contributed by atoms with Crippen LogP contribution in [0, 0.1) is 6.92 Å². The van der Waals surface area contributed by atoms with Crippen LogP contribution in [0.25, 0.3) is 0 Å². The van der Waals surface area contributed by atoms with Gasteiger partial charge in [-0.25, -0.2) is 0 Å². The molecule has 0 heterocycles. The quantitative estimate of drug-likeness (QED) is 0.649. The van der Waals surface area contributed by atoms with E-state index in [4.69, 9.17) is 22.1 Å². The second-order valence-electron chi connectivity index (χ2n) is 4.62. The van der Waals surface area contributed by atoms with Crippen LogP contribution in [0.4, 0.5) is 11.4 Å². The Morgan fingerprint density at radius 3 is 2.55 bits per heavy atom. The molecule has 0 aliphatic heterocycles. The summed E-state index contributed by atoms with van der Waals surface area (Å²) in [6, 6.07) is 6.82. The molecule has 0 aromatic heterocycles. The van der Waals surface area contributed by atoms with Crippen molar-refractivity contribution < 1.29 is 9.53 Å². The lowest BCUT2D eigenvalue weighted by Crippen LogP contribution is -2.15. The molecule has 2 rings (SSSR count). The average molecular weight is 449 g/mol. The van der Waals surface area contributed by atoms with Crippen molar-refractivity contribution in [2.75, 3.05) is 18.2 Å². The van der Waals surface area contributed by atoms with E-state index in [1.807, 2.05) is 6.92 Å². The molecule has 0 aliphatic rings. The molecule has 2 aromatic carbocycles. The Morgan fingerprint density at radius 1 is 1.27 bits per heavy atom. The molecule has 7 heteroatoms. The Labute approximate surface area is 150 Å². The molecule has 2 aromatic rings. The highest BCUT2D eigenvalue weighted by atomic mass is 79.9. The largest absolute Gasteiger partial charge is 0.495 e. The summed E-state index contributed by atoms with van der Waals surface area (Å²) in [4.78, 5) is 12.6. The molecular formula is C15H13Br2ClN2O2. The number of benzene rings is 2. The fraction of sp³-hybridized carbons (Fsp3) is 0.133. The third-order valence-electron chi connectivity index (χ3n) is 3.01. The van der Waals surface area contributed by atoms with Gasteiger partial charge in [-0.2, -0.15) is 0 Å². The van der Waals surface area contributed by atoms with Gasteiger partial charge in [-0.15, -0.1) is 0 Å². The van der Waals surface area contributed by atoms with Gasteiger partial charge in [0.2, 0.25) is 0 Å². The van der Waals surface area contributed by atoms with Crippen LogP contribution < -0.4 is 15.8 Å². The first kappa shape index (κ1) is 17.1. The van der Waals surface area contributed by atoms with Crippen molar-refractivity contribution in [2.45, 2.75) is 6.92 Å². The lowest BCUT2D eigenvalue weighted by Gasteiger charge is -2.14. The molecule has 116 valence electrons. The number of halogens is 3. The fourth-order valence-electron chi connectivity index (χ4n) is 2.05. The predicted octanol–water partition coefficient (Wildman–Crippen LogP) is 5.02. The zero-order chi connectivity index (χ0) is 16.4. The van der Waals surface area contributed by atoms with Crippen molar-refractivity contribution in [2.24, 2.45) is 0 Å². The van der Waals surface area contributed by atoms with Crippen molar-refractivity contribution in [1.82, 2.24) is 0 Å². The number of ether oxygens (including phenoxy) is 1. The predicted molar refractivity (Wildman–Crippen MR) is 96.9 cm³/mol. The summed E-state index contributed by atoms with van der Waals surface area (Å²) in [6.45, 7) is 1.83. The number of nitrogens with one attached hydrogen (secondary N) is 1. The molecule has 0 saturated carbocycles. The number of carbonyl (C=O) groups is 1. The lowest BCUT2D eigenvalue weighted by atomic mass is 10.1. The van der Waals surface area contributed by atoms with Crippen molar-refractivity contribution in [3.8, 4) is 5.75 Å². The van der Waals surface area contributed by atoms with Crippen LogP contribution in [0.3, 0.4) is 0 Å². The van der Waals surface area contributed by atoms with Gasteiger partial charge in [0.15, 0.2) is 0 Å². The van der Waals surface area contributed by atoms with Gasteiger partial charge in [0.1, 0.15) is 5.75 Å². The molecule has 0 unspecified atom stereocenters. The molecule has 0 saturated heterocycles. The molecule has 4 nitrogen and oxygen atoms in total. The molecule has 0 fully saturated rings. The van der Waals surface area contributed by atoms with Crippen molar-refractivity contribution in [1.29, 1.82) is 0 Å². The van der Waals surface area contributed by atoms with Gasteiger partial charge in [-0.3, -0.25) is 4.79 Å². The Hall–Kier alpha value is -1.24. The van der Waals surface area contributed by atoms with Crippen molar-refractivity contribution >= 4 is 60.7 Å². The SMILES string of the molecule is COc1c(Br)cc(Br)cc1C(=O)Nc1c(C)cc(N)cc1Cl. The number of amides is 1. The van der Waals surface area contributed by atoms with E-state index >= 15 is 0 Å². The van der Waals surface area contributed by atoms with E-state index in [1.54, 1.807) is 24.3 Å². The molecule has 0 bridgehead atoms. The van der Waals surface area contributed by atoms with E-state index in [-0.39, 0.29) is 5.91 Å². The molecule has 0 spiro atoms. The second-order valence-corrected chi connectivity index (χ2v) is 6.79. The van der Waals surface area contributed by atoms with Gasteiger partial charge in [-0.1, -0.05) is 27.5 Å². The molecule has 0 radical (unpaired) electrons. The summed E-state index contributed by atoms with van der Waals surface area (Å²) in [7, 11) is 1.51. The van der Waals surface area contributed by atoms with Crippen LogP contribution >= 0.6 is 43.5 Å². The average Bonchev–Trinajstić information content (AvgIpc) is 2.41. The Balaban J connectivity index is 2.43. The van der Waals surface area contributed by atoms with Crippen molar-refractivity contribution in [3.63, 3.8) is 0 Å². The van der Waals surface area contributed by atoms with E-state index in [0.29, 0.717) is 32.2 Å². The minimum atomic E-state index is -0.325.